The quantitative estimate of drug-likeness (QED) is 0.674. The van der Waals surface area contributed by atoms with Crippen molar-refractivity contribution >= 4 is 40.5 Å². The standard InChI is InChI=1S/C13H7Cl2FN2O3/c14-9-3-1-7(5-10(9)15)13(19)17-8-2-4-11(16)12(6-8)18(20)21/h1-6H,(H,17,19). The van der Waals surface area contributed by atoms with Gasteiger partial charge in [-0.3, -0.25) is 14.9 Å². The van der Waals surface area contributed by atoms with Crippen LogP contribution in [0.1, 0.15) is 10.4 Å². The normalized spacial score (nSPS) is 10.2. The molecule has 0 spiro atoms. The molecule has 0 radical (unpaired) electrons. The summed E-state index contributed by atoms with van der Waals surface area (Å²) in [5.41, 5.74) is -0.405. The largest absolute Gasteiger partial charge is 0.322 e. The first-order valence-electron chi connectivity index (χ1n) is 5.59. The summed E-state index contributed by atoms with van der Waals surface area (Å²) in [6.45, 7) is 0. The van der Waals surface area contributed by atoms with Crippen molar-refractivity contribution < 1.29 is 14.1 Å². The van der Waals surface area contributed by atoms with E-state index in [0.717, 1.165) is 12.1 Å². The van der Waals surface area contributed by atoms with Gasteiger partial charge in [0.2, 0.25) is 5.82 Å². The molecule has 0 saturated heterocycles. The minimum atomic E-state index is -0.979. The molecule has 0 aromatic heterocycles. The van der Waals surface area contributed by atoms with E-state index in [-0.39, 0.29) is 16.3 Å². The van der Waals surface area contributed by atoms with Crippen molar-refractivity contribution in [2.45, 2.75) is 0 Å². The highest BCUT2D eigenvalue weighted by Gasteiger charge is 2.16. The van der Waals surface area contributed by atoms with Crippen LogP contribution in [0.15, 0.2) is 36.4 Å². The molecule has 1 amide bonds. The average Bonchev–Trinajstić information content (AvgIpc) is 2.43. The maximum Gasteiger partial charge on any atom is 0.306 e. The molecule has 0 aliphatic carbocycles. The Labute approximate surface area is 128 Å². The molecule has 21 heavy (non-hydrogen) atoms. The number of nitro benzene ring substituents is 1. The summed E-state index contributed by atoms with van der Waals surface area (Å²) < 4.78 is 13.2. The number of hydrogen-bond acceptors (Lipinski definition) is 3. The number of hydrogen-bond donors (Lipinski definition) is 1. The highest BCUT2D eigenvalue weighted by atomic mass is 35.5. The van der Waals surface area contributed by atoms with Gasteiger partial charge in [-0.2, -0.15) is 4.39 Å². The van der Waals surface area contributed by atoms with E-state index in [2.05, 4.69) is 5.32 Å². The lowest BCUT2D eigenvalue weighted by Crippen LogP contribution is -2.12. The molecular formula is C13H7Cl2FN2O3. The maximum absolute atomic E-state index is 13.2. The van der Waals surface area contributed by atoms with Crippen LogP contribution in [0.5, 0.6) is 0 Å². The summed E-state index contributed by atoms with van der Waals surface area (Å²) in [5.74, 6) is -1.53. The topological polar surface area (TPSA) is 72.2 Å². The number of rotatable bonds is 3. The zero-order valence-electron chi connectivity index (χ0n) is 10.3. The third-order valence-corrected chi connectivity index (χ3v) is 3.32. The van der Waals surface area contributed by atoms with Gasteiger partial charge in [-0.1, -0.05) is 23.2 Å². The molecule has 0 saturated carbocycles. The summed E-state index contributed by atoms with van der Waals surface area (Å²) >= 11 is 11.5. The molecule has 2 rings (SSSR count). The Hall–Kier alpha value is -2.18. The summed E-state index contributed by atoms with van der Waals surface area (Å²) in [4.78, 5) is 21.7. The number of carbonyl (C=O) groups is 1. The van der Waals surface area contributed by atoms with Gasteiger partial charge >= 0.3 is 5.69 Å². The number of carbonyl (C=O) groups excluding carboxylic acids is 1. The van der Waals surface area contributed by atoms with E-state index in [1.54, 1.807) is 0 Å². The molecule has 0 aliphatic heterocycles. The Bertz CT molecular complexity index is 737. The van der Waals surface area contributed by atoms with Gasteiger partial charge in [0.05, 0.1) is 15.0 Å². The molecule has 108 valence electrons. The molecule has 0 heterocycles. The molecule has 0 fully saturated rings. The highest BCUT2D eigenvalue weighted by Crippen LogP contribution is 2.24. The van der Waals surface area contributed by atoms with Gasteiger partial charge in [0.15, 0.2) is 0 Å². The minimum Gasteiger partial charge on any atom is -0.322 e. The van der Waals surface area contributed by atoms with Crippen LogP contribution < -0.4 is 5.32 Å². The molecule has 8 heteroatoms. The second-order valence-electron chi connectivity index (χ2n) is 4.01. The number of nitro groups is 1. The predicted molar refractivity (Wildman–Crippen MR) is 77.5 cm³/mol. The van der Waals surface area contributed by atoms with Crippen LogP contribution in [0.25, 0.3) is 0 Å². The molecule has 1 N–H and O–H groups in total. The fraction of sp³-hybridized carbons (Fsp3) is 0. The van der Waals surface area contributed by atoms with Gasteiger partial charge < -0.3 is 5.32 Å². The summed E-state index contributed by atoms with van der Waals surface area (Å²) in [6, 6.07) is 7.32. The Morgan fingerprint density at radius 3 is 2.48 bits per heavy atom. The fourth-order valence-electron chi connectivity index (χ4n) is 1.57. The summed E-state index contributed by atoms with van der Waals surface area (Å²) in [5, 5.41) is 13.5. The van der Waals surface area contributed by atoms with Crippen molar-refractivity contribution in [3.05, 3.63) is 67.9 Å². The molecule has 0 bridgehead atoms. The van der Waals surface area contributed by atoms with Gasteiger partial charge in [0.1, 0.15) is 0 Å². The van der Waals surface area contributed by atoms with E-state index < -0.39 is 22.3 Å². The lowest BCUT2D eigenvalue weighted by Gasteiger charge is -2.06. The van der Waals surface area contributed by atoms with Gasteiger partial charge in [-0.15, -0.1) is 0 Å². The summed E-state index contributed by atoms with van der Waals surface area (Å²) in [7, 11) is 0. The number of halogens is 3. The first kappa shape index (κ1) is 15.2. The minimum absolute atomic E-state index is 0.0965. The van der Waals surface area contributed by atoms with Crippen LogP contribution in [-0.4, -0.2) is 10.8 Å². The van der Waals surface area contributed by atoms with Gasteiger partial charge in [-0.05, 0) is 30.3 Å². The van der Waals surface area contributed by atoms with E-state index in [9.17, 15) is 19.3 Å². The lowest BCUT2D eigenvalue weighted by molar-refractivity contribution is -0.387. The molecule has 0 atom stereocenters. The third-order valence-electron chi connectivity index (χ3n) is 2.58. The van der Waals surface area contributed by atoms with Crippen LogP contribution in [0.4, 0.5) is 15.8 Å². The van der Waals surface area contributed by atoms with Crippen LogP contribution in [0.3, 0.4) is 0 Å². The molecular weight excluding hydrogens is 322 g/mol. The Morgan fingerprint density at radius 2 is 1.86 bits per heavy atom. The molecule has 0 unspecified atom stereocenters. The number of nitrogens with zero attached hydrogens (tertiary/aromatic N) is 1. The van der Waals surface area contributed by atoms with Crippen molar-refractivity contribution in [1.29, 1.82) is 0 Å². The van der Waals surface area contributed by atoms with Crippen molar-refractivity contribution in [3.8, 4) is 0 Å². The SMILES string of the molecule is O=C(Nc1ccc(F)c([N+](=O)[O-])c1)c1ccc(Cl)c(Cl)c1. The van der Waals surface area contributed by atoms with E-state index in [1.165, 1.54) is 24.3 Å². The summed E-state index contributed by atoms with van der Waals surface area (Å²) in [6.07, 6.45) is 0. The second-order valence-corrected chi connectivity index (χ2v) is 4.82. The van der Waals surface area contributed by atoms with E-state index in [4.69, 9.17) is 23.2 Å². The van der Waals surface area contributed by atoms with Crippen LogP contribution in [0.2, 0.25) is 10.0 Å². The van der Waals surface area contributed by atoms with Gasteiger partial charge in [0, 0.05) is 17.3 Å². The van der Waals surface area contributed by atoms with Crippen LogP contribution in [0, 0.1) is 15.9 Å². The number of amides is 1. The van der Waals surface area contributed by atoms with Crippen molar-refractivity contribution in [3.63, 3.8) is 0 Å². The Morgan fingerprint density at radius 1 is 1.14 bits per heavy atom. The van der Waals surface area contributed by atoms with Crippen LogP contribution in [-0.2, 0) is 0 Å². The zero-order chi connectivity index (χ0) is 15.6. The maximum atomic E-state index is 13.2. The molecule has 2 aromatic rings. The van der Waals surface area contributed by atoms with Gasteiger partial charge in [0.25, 0.3) is 5.91 Å². The number of benzene rings is 2. The third kappa shape index (κ3) is 3.48. The van der Waals surface area contributed by atoms with Gasteiger partial charge in [-0.25, -0.2) is 0 Å². The first-order chi connectivity index (χ1) is 9.88. The Kier molecular flexibility index (Phi) is 4.40. The monoisotopic (exact) mass is 328 g/mol. The Balaban J connectivity index is 2.25. The highest BCUT2D eigenvalue weighted by molar-refractivity contribution is 6.42. The van der Waals surface area contributed by atoms with E-state index >= 15 is 0 Å². The number of nitrogens with one attached hydrogen (secondary N) is 1. The first-order valence-corrected chi connectivity index (χ1v) is 6.34. The van der Waals surface area contributed by atoms with E-state index in [0.29, 0.717) is 5.02 Å². The van der Waals surface area contributed by atoms with Crippen molar-refractivity contribution in [1.82, 2.24) is 0 Å². The zero-order valence-corrected chi connectivity index (χ0v) is 11.8. The second kappa shape index (κ2) is 6.07. The van der Waals surface area contributed by atoms with Crippen molar-refractivity contribution in [2.24, 2.45) is 0 Å². The smallest absolute Gasteiger partial charge is 0.306 e. The fourth-order valence-corrected chi connectivity index (χ4v) is 1.87. The van der Waals surface area contributed by atoms with E-state index in [1.807, 2.05) is 0 Å². The molecule has 0 aliphatic rings. The number of anilines is 1. The lowest BCUT2D eigenvalue weighted by atomic mass is 10.2. The van der Waals surface area contributed by atoms with Crippen LogP contribution >= 0.6 is 23.2 Å². The molecule has 2 aromatic carbocycles. The molecule has 5 nitrogen and oxygen atoms in total. The average molecular weight is 329 g/mol. The predicted octanol–water partition coefficient (Wildman–Crippen LogP) is 4.29. The van der Waals surface area contributed by atoms with Crippen molar-refractivity contribution in [2.75, 3.05) is 5.32 Å².